The fourth-order valence-electron chi connectivity index (χ4n) is 0. The van der Waals surface area contributed by atoms with E-state index < -0.39 is 9.05 Å². The maximum atomic E-state index is 7.33. The summed E-state index contributed by atoms with van der Waals surface area (Å²) in [7, 11) is -4.61. The van der Waals surface area contributed by atoms with Crippen molar-refractivity contribution < 1.29 is 22.0 Å². The minimum absolute atomic E-state index is 0. The molecule has 0 aliphatic rings. The number of hydrogen-bond donors (Lipinski definition) is 4. The Labute approximate surface area is 105 Å². The molecule has 52 valence electrons. The van der Waals surface area contributed by atoms with Gasteiger partial charge in [-0.15, -0.1) is 24.0 Å². The smallest absolute Gasteiger partial charge is 1.00 e. The van der Waals surface area contributed by atoms with Gasteiger partial charge in [0.05, 0.1) is 0 Å². The van der Waals surface area contributed by atoms with E-state index in [1.807, 2.05) is 0 Å². The first-order valence-electron chi connectivity index (χ1n) is 0.894. The Kier molecular flexibility index (Phi) is 26.4. The molecule has 0 rings (SSSR count). The Morgan fingerprint density at radius 3 is 1.00 bits per heavy atom. The van der Waals surface area contributed by atoms with Gasteiger partial charge in [-0.25, -0.2) is 0 Å². The third-order valence-corrected chi connectivity index (χ3v) is 0. The molecule has 0 bridgehead atoms. The minimum Gasteiger partial charge on any atom is -1.00 e. The molecule has 8 heavy (non-hydrogen) atoms. The van der Waals surface area contributed by atoms with Crippen molar-refractivity contribution in [3.63, 3.8) is 0 Å². The average Bonchev–Trinajstić information content (AvgIpc) is 0.722. The predicted octanol–water partition coefficient (Wildman–Crippen LogP) is -2.03. The summed E-state index contributed by atoms with van der Waals surface area (Å²) in [4.78, 5) is 29.3. The maximum Gasteiger partial charge on any atom is 2.00 e. The second-order valence-electron chi connectivity index (χ2n) is 0.600. The van der Waals surface area contributed by atoms with Crippen LogP contribution in [0.1, 0.15) is 2.85 Å². The van der Waals surface area contributed by atoms with E-state index in [0.29, 0.717) is 0 Å². The van der Waals surface area contributed by atoms with Gasteiger partial charge in [0.1, 0.15) is 0 Å². The number of rotatable bonds is 0. The van der Waals surface area contributed by atoms with Gasteiger partial charge in [0, 0.05) is 0 Å². The van der Waals surface area contributed by atoms with E-state index in [0.717, 1.165) is 0 Å². The van der Waals surface area contributed by atoms with Crippen molar-refractivity contribution in [2.75, 3.05) is 0 Å². The Morgan fingerprint density at radius 1 is 1.00 bits per heavy atom. The molecule has 0 saturated heterocycles. The first-order valence-corrected chi connectivity index (χ1v) is 2.68. The molecule has 0 aromatic carbocycles. The second kappa shape index (κ2) is 9.40. The fourth-order valence-corrected chi connectivity index (χ4v) is 0. The van der Waals surface area contributed by atoms with Crippen LogP contribution in [0.15, 0.2) is 0 Å². The van der Waals surface area contributed by atoms with Crippen molar-refractivity contribution in [2.45, 2.75) is 0 Å². The largest absolute Gasteiger partial charge is 2.00 e. The van der Waals surface area contributed by atoms with Gasteiger partial charge >= 0.3 is 46.8 Å². The van der Waals surface area contributed by atoms with E-state index >= 15 is 0 Å². The van der Waals surface area contributed by atoms with Crippen molar-refractivity contribution in [3.8, 4) is 0 Å². The van der Waals surface area contributed by atoms with Crippen LogP contribution in [0.25, 0.3) is 0 Å². The first-order chi connectivity index (χ1) is 2.00. The zero-order chi connectivity index (χ0) is 4.50. The summed E-state index contributed by atoms with van der Waals surface area (Å²) in [5, 5.41) is 0. The molecule has 0 unspecified atom stereocenters. The summed E-state index contributed by atoms with van der Waals surface area (Å²) >= 11 is 0. The summed E-state index contributed by atoms with van der Waals surface area (Å²) in [5.41, 5.74) is 0. The van der Waals surface area contributed by atoms with E-state index in [1.165, 1.54) is 0 Å². The van der Waals surface area contributed by atoms with Crippen molar-refractivity contribution in [1.29, 1.82) is 0 Å². The Balaban J connectivity index is -0.00000000800. The van der Waals surface area contributed by atoms with Gasteiger partial charge in [-0.3, -0.25) is 0 Å². The molecule has 0 radical (unpaired) electrons. The number of hydrogen-bond acceptors (Lipinski definition) is 4. The van der Waals surface area contributed by atoms with Gasteiger partial charge in [0.15, 0.2) is 0 Å². The van der Waals surface area contributed by atoms with Crippen LogP contribution >= 0.6 is 37.5 Å². The van der Waals surface area contributed by atoms with Crippen molar-refractivity contribution >= 4 is 84.3 Å². The van der Waals surface area contributed by atoms with Crippen LogP contribution in [0.3, 0.4) is 0 Å². The second-order valence-corrected chi connectivity index (χ2v) is 1.80. The molecule has 4 N–H and O–H groups in total. The summed E-state index contributed by atoms with van der Waals surface area (Å²) in [5.74, 6) is 0. The zero-order valence-corrected chi connectivity index (χ0v) is 10.4. The summed E-state index contributed by atoms with van der Waals surface area (Å²) in [6.07, 6.45) is 0. The van der Waals surface area contributed by atoms with Crippen LogP contribution in [-0.4, -0.2) is 66.0 Å². The third-order valence-electron chi connectivity index (χ3n) is 0. The normalized spacial score (nSPS) is 7.50. The predicted molar refractivity (Wildman–Crippen MR) is 48.4 cm³/mol. The van der Waals surface area contributed by atoms with Gasteiger partial charge in [-0.1, -0.05) is 0 Å². The Bertz CT molecular complexity index is 38.7. The van der Waals surface area contributed by atoms with Crippen LogP contribution in [-0.2, 0) is 0 Å². The molecule has 0 spiro atoms. The topological polar surface area (TPSA) is 80.9 Å². The van der Waals surface area contributed by atoms with Crippen LogP contribution in [0.2, 0.25) is 0 Å². The molecular formula is H9CaIO4SSi. The third kappa shape index (κ3) is 80.0. The van der Waals surface area contributed by atoms with Crippen LogP contribution in [0, 0.1) is 0 Å². The van der Waals surface area contributed by atoms with Crippen molar-refractivity contribution in [2.24, 2.45) is 0 Å². The van der Waals surface area contributed by atoms with E-state index in [-0.39, 0.29) is 78.1 Å². The van der Waals surface area contributed by atoms with Gasteiger partial charge < -0.3 is 22.0 Å². The van der Waals surface area contributed by atoms with Crippen LogP contribution in [0.5, 0.6) is 0 Å². The molecule has 0 aliphatic carbocycles. The van der Waals surface area contributed by atoms with E-state index in [2.05, 4.69) is 0 Å². The summed E-state index contributed by atoms with van der Waals surface area (Å²) < 4.78 is 0. The first kappa shape index (κ1) is 22.4. The Hall–Kier alpha value is 2.40. The van der Waals surface area contributed by atoms with Crippen molar-refractivity contribution in [1.82, 2.24) is 0 Å². The minimum atomic E-state index is -4.61. The van der Waals surface area contributed by atoms with Gasteiger partial charge in [0.25, 0.3) is 0 Å². The van der Waals surface area contributed by atoms with E-state index in [1.54, 1.807) is 0 Å². The van der Waals surface area contributed by atoms with Gasteiger partial charge in [-0.05, 0) is 0 Å². The van der Waals surface area contributed by atoms with Crippen molar-refractivity contribution in [3.05, 3.63) is 0 Å². The average molecular weight is 300 g/mol. The van der Waals surface area contributed by atoms with E-state index in [9.17, 15) is 0 Å². The van der Waals surface area contributed by atoms with Gasteiger partial charge in [-0.2, -0.15) is 13.5 Å². The quantitative estimate of drug-likeness (QED) is 0.307. The van der Waals surface area contributed by atoms with Gasteiger partial charge in [0.2, 0.25) is 0 Å². The molecule has 0 amide bonds. The molecule has 8 heteroatoms. The molecule has 0 saturated carbocycles. The van der Waals surface area contributed by atoms with Crippen LogP contribution in [0.4, 0.5) is 0 Å². The Morgan fingerprint density at radius 2 is 1.00 bits per heavy atom. The maximum absolute atomic E-state index is 7.33. The number of halogens is 1. The van der Waals surface area contributed by atoms with Crippen LogP contribution < -0.4 is 0 Å². The molecule has 4 nitrogen and oxygen atoms in total. The summed E-state index contributed by atoms with van der Waals surface area (Å²) in [6, 6.07) is 0. The zero-order valence-electron chi connectivity index (χ0n) is 5.90. The molecule has 0 aromatic heterocycles. The molecule has 0 fully saturated rings. The van der Waals surface area contributed by atoms with E-state index in [4.69, 9.17) is 19.2 Å². The SMILES string of the molecule is I.O[Si](O)(O)O.S.[Ca+2].[H-].[H-]. The molecule has 0 aromatic rings. The molecule has 0 aliphatic heterocycles. The standard InChI is InChI=1S/Ca.HI.H4O4Si.H2S.2H/c;;1-5(2,3)4;;;/h;1H;1-4H;1H2;;/q+2;;;;2*-1. The fraction of sp³-hybridized carbons (Fsp3) is 0. The molecule has 0 atom stereocenters. The molecule has 0 heterocycles. The molecular weight excluding hydrogens is 291 g/mol. The monoisotopic (exact) mass is 300 g/mol. The summed E-state index contributed by atoms with van der Waals surface area (Å²) in [6.45, 7) is 0.